The van der Waals surface area contributed by atoms with Crippen molar-refractivity contribution in [3.63, 3.8) is 0 Å². The van der Waals surface area contributed by atoms with E-state index in [-0.39, 0.29) is 30.4 Å². The van der Waals surface area contributed by atoms with Crippen LogP contribution in [0.15, 0.2) is 36.5 Å². The molecule has 2 aliphatic rings. The molecule has 1 aromatic carbocycles. The summed E-state index contributed by atoms with van der Waals surface area (Å²) in [5.74, 6) is -0.499. The second kappa shape index (κ2) is 7.59. The summed E-state index contributed by atoms with van der Waals surface area (Å²) < 4.78 is 5.80. The zero-order chi connectivity index (χ0) is 20.4. The van der Waals surface area contributed by atoms with Crippen molar-refractivity contribution in [1.29, 1.82) is 5.26 Å². The molecule has 1 atom stereocenters. The number of nitrogens with one attached hydrogen (secondary N) is 2. The molecular formula is C20H17N5O4. The van der Waals surface area contributed by atoms with Crippen LogP contribution in [0.4, 0.5) is 5.69 Å². The standard InChI is InChI=1S/C20H17N5O4/c21-8-12-1-4-18(22-9-12)29-14-5-6-25(11-14)20(28)13-2-3-15-16(7-13)24-17(26)10-23-19(15)27/h1-4,7,9,14H,5-6,10-11H2,(H,23,27)(H,24,26). The van der Waals surface area contributed by atoms with Gasteiger partial charge in [0, 0.05) is 30.8 Å². The van der Waals surface area contributed by atoms with Crippen molar-refractivity contribution in [1.82, 2.24) is 15.2 Å². The van der Waals surface area contributed by atoms with Crippen LogP contribution in [0.5, 0.6) is 5.88 Å². The Balaban J connectivity index is 1.44. The number of hydrogen-bond donors (Lipinski definition) is 2. The Hall–Kier alpha value is -3.93. The predicted molar refractivity (Wildman–Crippen MR) is 101 cm³/mol. The third kappa shape index (κ3) is 3.87. The molecule has 29 heavy (non-hydrogen) atoms. The van der Waals surface area contributed by atoms with E-state index in [0.717, 1.165) is 0 Å². The third-order valence-electron chi connectivity index (χ3n) is 4.78. The highest BCUT2D eigenvalue weighted by atomic mass is 16.5. The highest BCUT2D eigenvalue weighted by molar-refractivity contribution is 6.10. The molecule has 4 rings (SSSR count). The Morgan fingerprint density at radius 3 is 2.90 bits per heavy atom. The van der Waals surface area contributed by atoms with Gasteiger partial charge in [-0.15, -0.1) is 0 Å². The van der Waals surface area contributed by atoms with Crippen molar-refractivity contribution in [3.8, 4) is 11.9 Å². The Kier molecular flexibility index (Phi) is 4.83. The Labute approximate surface area is 166 Å². The van der Waals surface area contributed by atoms with E-state index < -0.39 is 0 Å². The van der Waals surface area contributed by atoms with Gasteiger partial charge in [0.1, 0.15) is 12.2 Å². The SMILES string of the molecule is N#Cc1ccc(OC2CCN(C(=O)c3ccc4c(c3)NC(=O)CNC4=O)C2)nc1. The number of carbonyl (C=O) groups excluding carboxylic acids is 3. The summed E-state index contributed by atoms with van der Waals surface area (Å²) in [6, 6.07) is 9.89. The first-order valence-corrected chi connectivity index (χ1v) is 9.07. The lowest BCUT2D eigenvalue weighted by Crippen LogP contribution is -2.31. The zero-order valence-corrected chi connectivity index (χ0v) is 15.3. The van der Waals surface area contributed by atoms with Crippen LogP contribution in [0.2, 0.25) is 0 Å². The summed E-state index contributed by atoms with van der Waals surface area (Å²) in [6.07, 6.45) is 1.89. The van der Waals surface area contributed by atoms with Gasteiger partial charge in [0.25, 0.3) is 11.8 Å². The lowest BCUT2D eigenvalue weighted by atomic mass is 10.1. The van der Waals surface area contributed by atoms with Gasteiger partial charge in [0.05, 0.1) is 29.9 Å². The number of likely N-dealkylation sites (tertiary alicyclic amines) is 1. The van der Waals surface area contributed by atoms with Crippen molar-refractivity contribution in [3.05, 3.63) is 53.2 Å². The molecule has 0 saturated carbocycles. The second-order valence-corrected chi connectivity index (χ2v) is 6.77. The van der Waals surface area contributed by atoms with Gasteiger partial charge in [-0.25, -0.2) is 4.98 Å². The number of aromatic nitrogens is 1. The Bertz CT molecular complexity index is 1030. The van der Waals surface area contributed by atoms with E-state index in [0.29, 0.717) is 47.8 Å². The summed E-state index contributed by atoms with van der Waals surface area (Å²) in [5, 5.41) is 14.0. The van der Waals surface area contributed by atoms with Gasteiger partial charge in [0.15, 0.2) is 0 Å². The maximum absolute atomic E-state index is 12.9. The Morgan fingerprint density at radius 2 is 2.14 bits per heavy atom. The number of benzene rings is 1. The van der Waals surface area contributed by atoms with Crippen LogP contribution in [0.25, 0.3) is 0 Å². The van der Waals surface area contributed by atoms with Gasteiger partial charge in [-0.2, -0.15) is 5.26 Å². The molecule has 3 amide bonds. The molecule has 0 aliphatic carbocycles. The van der Waals surface area contributed by atoms with Crippen molar-refractivity contribution < 1.29 is 19.1 Å². The molecule has 2 aliphatic heterocycles. The molecular weight excluding hydrogens is 374 g/mol. The van der Waals surface area contributed by atoms with Crippen LogP contribution >= 0.6 is 0 Å². The third-order valence-corrected chi connectivity index (χ3v) is 4.78. The van der Waals surface area contributed by atoms with Crippen LogP contribution in [-0.4, -0.2) is 53.3 Å². The molecule has 1 fully saturated rings. The van der Waals surface area contributed by atoms with E-state index in [9.17, 15) is 14.4 Å². The molecule has 0 bridgehead atoms. The molecule has 9 nitrogen and oxygen atoms in total. The number of hydrogen-bond acceptors (Lipinski definition) is 6. The molecule has 9 heteroatoms. The minimum absolute atomic E-state index is 0.106. The lowest BCUT2D eigenvalue weighted by Gasteiger charge is -2.18. The van der Waals surface area contributed by atoms with Gasteiger partial charge < -0.3 is 20.3 Å². The first kappa shape index (κ1) is 18.4. The number of rotatable bonds is 3. The van der Waals surface area contributed by atoms with Crippen molar-refractivity contribution >= 4 is 23.4 Å². The van der Waals surface area contributed by atoms with E-state index >= 15 is 0 Å². The quantitative estimate of drug-likeness (QED) is 0.802. The molecule has 0 radical (unpaired) electrons. The maximum Gasteiger partial charge on any atom is 0.254 e. The number of ether oxygens (including phenoxy) is 1. The van der Waals surface area contributed by atoms with E-state index in [1.165, 1.54) is 18.3 Å². The topological polar surface area (TPSA) is 124 Å². The molecule has 3 heterocycles. The molecule has 0 spiro atoms. The van der Waals surface area contributed by atoms with Crippen LogP contribution < -0.4 is 15.4 Å². The smallest absolute Gasteiger partial charge is 0.254 e. The lowest BCUT2D eigenvalue weighted by molar-refractivity contribution is -0.115. The number of anilines is 1. The fraction of sp³-hybridized carbons (Fsp3) is 0.250. The molecule has 1 saturated heterocycles. The van der Waals surface area contributed by atoms with Crippen LogP contribution in [0, 0.1) is 11.3 Å². The van der Waals surface area contributed by atoms with E-state index in [4.69, 9.17) is 10.00 Å². The van der Waals surface area contributed by atoms with Crippen molar-refractivity contribution in [2.24, 2.45) is 0 Å². The fourth-order valence-electron chi connectivity index (χ4n) is 3.31. The van der Waals surface area contributed by atoms with Gasteiger partial charge >= 0.3 is 0 Å². The van der Waals surface area contributed by atoms with E-state index in [2.05, 4.69) is 15.6 Å². The summed E-state index contributed by atoms with van der Waals surface area (Å²) in [4.78, 5) is 42.3. The average Bonchev–Trinajstić information content (AvgIpc) is 3.14. The minimum Gasteiger partial charge on any atom is -0.472 e. The number of nitriles is 1. The van der Waals surface area contributed by atoms with Gasteiger partial charge in [-0.1, -0.05) is 0 Å². The highest BCUT2D eigenvalue weighted by Crippen LogP contribution is 2.23. The first-order chi connectivity index (χ1) is 14.0. The first-order valence-electron chi connectivity index (χ1n) is 9.07. The van der Waals surface area contributed by atoms with Gasteiger partial charge in [-0.3, -0.25) is 14.4 Å². The van der Waals surface area contributed by atoms with Crippen molar-refractivity contribution in [2.45, 2.75) is 12.5 Å². The predicted octanol–water partition coefficient (Wildman–Crippen LogP) is 0.929. The number of carbonyl (C=O) groups is 3. The van der Waals surface area contributed by atoms with Gasteiger partial charge in [0.2, 0.25) is 11.8 Å². The van der Waals surface area contributed by atoms with Crippen LogP contribution in [-0.2, 0) is 4.79 Å². The van der Waals surface area contributed by atoms with E-state index in [1.807, 2.05) is 6.07 Å². The van der Waals surface area contributed by atoms with Gasteiger partial charge in [-0.05, 0) is 24.3 Å². The second-order valence-electron chi connectivity index (χ2n) is 6.77. The zero-order valence-electron chi connectivity index (χ0n) is 15.3. The highest BCUT2D eigenvalue weighted by Gasteiger charge is 2.29. The average molecular weight is 391 g/mol. The largest absolute Gasteiger partial charge is 0.472 e. The summed E-state index contributed by atoms with van der Waals surface area (Å²) in [5.41, 5.74) is 1.48. The Morgan fingerprint density at radius 1 is 1.28 bits per heavy atom. The van der Waals surface area contributed by atoms with Crippen LogP contribution in [0.3, 0.4) is 0 Å². The number of amides is 3. The van der Waals surface area contributed by atoms with Crippen LogP contribution in [0.1, 0.15) is 32.7 Å². The number of pyridine rings is 1. The summed E-state index contributed by atoms with van der Waals surface area (Å²) in [7, 11) is 0. The fourth-order valence-corrected chi connectivity index (χ4v) is 3.31. The van der Waals surface area contributed by atoms with E-state index in [1.54, 1.807) is 23.1 Å². The maximum atomic E-state index is 12.9. The minimum atomic E-state index is -0.359. The summed E-state index contributed by atoms with van der Waals surface area (Å²) in [6.45, 7) is 0.805. The molecule has 1 aromatic heterocycles. The van der Waals surface area contributed by atoms with Crippen molar-refractivity contribution in [2.75, 3.05) is 25.0 Å². The number of nitrogens with zero attached hydrogens (tertiary/aromatic N) is 3. The summed E-state index contributed by atoms with van der Waals surface area (Å²) >= 11 is 0. The molecule has 1 unspecified atom stereocenters. The molecule has 2 aromatic rings. The molecule has 2 N–H and O–H groups in total. The molecule has 146 valence electrons. The normalized spacial score (nSPS) is 18.2. The number of fused-ring (bicyclic) bond motifs is 1. The monoisotopic (exact) mass is 391 g/mol.